The molecule has 0 radical (unpaired) electrons. The molecule has 2 saturated heterocycles. The zero-order valence-electron chi connectivity index (χ0n) is 18.8. The van der Waals surface area contributed by atoms with Crippen molar-refractivity contribution in [1.29, 1.82) is 0 Å². The smallest absolute Gasteiger partial charge is 0.123 e. The van der Waals surface area contributed by atoms with Gasteiger partial charge in [0.2, 0.25) is 0 Å². The lowest BCUT2D eigenvalue weighted by molar-refractivity contribution is -0.0338. The summed E-state index contributed by atoms with van der Waals surface area (Å²) in [6.45, 7) is 9.22. The van der Waals surface area contributed by atoms with Crippen molar-refractivity contribution in [3.8, 4) is 11.5 Å². The summed E-state index contributed by atoms with van der Waals surface area (Å²) in [6.07, 6.45) is 11.5. The van der Waals surface area contributed by atoms with Gasteiger partial charge in [-0.2, -0.15) is 0 Å². The van der Waals surface area contributed by atoms with E-state index in [9.17, 15) is 0 Å². The van der Waals surface area contributed by atoms with Crippen LogP contribution in [-0.4, -0.2) is 58.4 Å². The van der Waals surface area contributed by atoms with Crippen LogP contribution in [-0.2, 0) is 6.42 Å². The van der Waals surface area contributed by atoms with Gasteiger partial charge in [-0.15, -0.1) is 0 Å². The van der Waals surface area contributed by atoms with Gasteiger partial charge in [-0.05, 0) is 75.1 Å². The first-order chi connectivity index (χ1) is 14.6. The maximum absolute atomic E-state index is 6.64. The van der Waals surface area contributed by atoms with Crippen LogP contribution in [0.25, 0.3) is 0 Å². The monoisotopic (exact) mass is 430 g/mol. The normalized spacial score (nSPS) is 25.7. The minimum Gasteiger partial charge on any atom is -0.490 e. The van der Waals surface area contributed by atoms with Gasteiger partial charge in [0.1, 0.15) is 23.2 Å². The number of rotatable bonds is 5. The molecule has 3 aliphatic heterocycles. The van der Waals surface area contributed by atoms with E-state index in [2.05, 4.69) is 41.3 Å². The van der Waals surface area contributed by atoms with E-state index in [1.54, 1.807) is 0 Å². The van der Waals surface area contributed by atoms with Gasteiger partial charge >= 0.3 is 0 Å². The number of fused-ring (bicyclic) bond motifs is 1. The highest BCUT2D eigenvalue weighted by atomic mass is 32.2. The van der Waals surface area contributed by atoms with Crippen LogP contribution >= 0.6 is 11.9 Å². The minimum atomic E-state index is 0.0799. The second-order valence-corrected chi connectivity index (χ2v) is 11.7. The third kappa shape index (κ3) is 4.63. The molecule has 0 unspecified atom stereocenters. The Labute approximate surface area is 186 Å². The molecule has 0 amide bonds. The first kappa shape index (κ1) is 21.0. The van der Waals surface area contributed by atoms with Crippen LogP contribution in [0.2, 0.25) is 0 Å². The van der Waals surface area contributed by atoms with Gasteiger partial charge in [-0.1, -0.05) is 32.2 Å². The van der Waals surface area contributed by atoms with Crippen LogP contribution in [0.1, 0.15) is 70.8 Å². The average Bonchev–Trinajstić information content (AvgIpc) is 2.70. The molecule has 1 spiro atoms. The number of likely N-dealkylation sites (tertiary alicyclic amines) is 1. The van der Waals surface area contributed by atoms with Crippen molar-refractivity contribution in [3.05, 3.63) is 23.8 Å². The van der Waals surface area contributed by atoms with Crippen LogP contribution in [0.5, 0.6) is 11.5 Å². The summed E-state index contributed by atoms with van der Waals surface area (Å²) in [4.78, 5) is 2.72. The highest BCUT2D eigenvalue weighted by molar-refractivity contribution is 7.97. The number of hydrogen-bond donors (Lipinski definition) is 0. The lowest BCUT2D eigenvalue weighted by Crippen LogP contribution is -2.53. The molecule has 1 aromatic carbocycles. The highest BCUT2D eigenvalue weighted by Gasteiger charge is 2.41. The Hall–Kier alpha value is -0.910. The van der Waals surface area contributed by atoms with E-state index >= 15 is 0 Å². The second-order valence-electron chi connectivity index (χ2n) is 10.1. The SMILES string of the molecule is CC(C)SN1CCC(Oc2ccc3c(c2)CCC2(CCN(C4CCC4)CC2)O3)CC1. The van der Waals surface area contributed by atoms with Crippen molar-refractivity contribution in [2.45, 2.75) is 94.6 Å². The molecule has 3 fully saturated rings. The molecule has 5 heteroatoms. The van der Waals surface area contributed by atoms with Crippen LogP contribution in [0, 0.1) is 0 Å². The predicted molar refractivity (Wildman–Crippen MR) is 125 cm³/mol. The lowest BCUT2D eigenvalue weighted by Gasteiger charge is -2.48. The lowest BCUT2D eigenvalue weighted by atomic mass is 9.81. The summed E-state index contributed by atoms with van der Waals surface area (Å²) in [5.74, 6) is 2.14. The van der Waals surface area contributed by atoms with Crippen LogP contribution in [0.15, 0.2) is 18.2 Å². The van der Waals surface area contributed by atoms with Crippen molar-refractivity contribution in [1.82, 2.24) is 9.21 Å². The summed E-state index contributed by atoms with van der Waals surface area (Å²) in [7, 11) is 0. The summed E-state index contributed by atoms with van der Waals surface area (Å²) >= 11 is 1.98. The molecule has 4 aliphatic rings. The van der Waals surface area contributed by atoms with E-state index in [0.717, 1.165) is 56.3 Å². The van der Waals surface area contributed by atoms with Gasteiger partial charge in [0.05, 0.1) is 0 Å². The fourth-order valence-corrected chi connectivity index (χ4v) is 6.54. The van der Waals surface area contributed by atoms with E-state index in [-0.39, 0.29) is 5.60 Å². The molecule has 30 heavy (non-hydrogen) atoms. The van der Waals surface area contributed by atoms with Crippen molar-refractivity contribution in [2.75, 3.05) is 26.2 Å². The minimum absolute atomic E-state index is 0.0799. The van der Waals surface area contributed by atoms with Crippen molar-refractivity contribution in [3.63, 3.8) is 0 Å². The maximum Gasteiger partial charge on any atom is 0.123 e. The molecule has 5 rings (SSSR count). The molecule has 0 atom stereocenters. The van der Waals surface area contributed by atoms with Gasteiger partial charge in [-0.25, -0.2) is 0 Å². The summed E-state index contributed by atoms with van der Waals surface area (Å²) in [5.41, 5.74) is 1.42. The molecule has 3 heterocycles. The Morgan fingerprint density at radius 3 is 2.47 bits per heavy atom. The first-order valence-electron chi connectivity index (χ1n) is 12.2. The van der Waals surface area contributed by atoms with E-state index in [1.807, 2.05) is 11.9 Å². The van der Waals surface area contributed by atoms with E-state index in [1.165, 1.54) is 50.8 Å². The maximum atomic E-state index is 6.64. The molecule has 1 aromatic rings. The molecule has 4 nitrogen and oxygen atoms in total. The Morgan fingerprint density at radius 1 is 1.03 bits per heavy atom. The van der Waals surface area contributed by atoms with Gasteiger partial charge in [-0.3, -0.25) is 4.31 Å². The number of aryl methyl sites for hydroxylation is 1. The topological polar surface area (TPSA) is 24.9 Å². The van der Waals surface area contributed by atoms with E-state index < -0.39 is 0 Å². The Morgan fingerprint density at radius 2 is 1.80 bits per heavy atom. The fourth-order valence-electron chi connectivity index (χ4n) is 5.52. The Bertz CT molecular complexity index is 720. The van der Waals surface area contributed by atoms with Crippen molar-refractivity contribution in [2.24, 2.45) is 0 Å². The molecule has 1 aliphatic carbocycles. The van der Waals surface area contributed by atoms with Crippen LogP contribution in [0.3, 0.4) is 0 Å². The number of hydrogen-bond acceptors (Lipinski definition) is 5. The highest BCUT2D eigenvalue weighted by Crippen LogP contribution is 2.42. The van der Waals surface area contributed by atoms with Crippen molar-refractivity contribution < 1.29 is 9.47 Å². The molecule has 166 valence electrons. The molecular weight excluding hydrogens is 392 g/mol. The van der Waals surface area contributed by atoms with Crippen LogP contribution < -0.4 is 9.47 Å². The van der Waals surface area contributed by atoms with E-state index in [0.29, 0.717) is 11.4 Å². The zero-order valence-corrected chi connectivity index (χ0v) is 19.6. The predicted octanol–water partition coefficient (Wildman–Crippen LogP) is 5.30. The van der Waals surface area contributed by atoms with Gasteiger partial charge in [0.15, 0.2) is 0 Å². The van der Waals surface area contributed by atoms with Crippen molar-refractivity contribution >= 4 is 11.9 Å². The molecular formula is C25H38N2O2S. The quantitative estimate of drug-likeness (QED) is 0.591. The number of benzene rings is 1. The number of piperidine rings is 2. The summed E-state index contributed by atoms with van der Waals surface area (Å²) in [6, 6.07) is 7.43. The second kappa shape index (κ2) is 8.91. The third-order valence-corrected chi connectivity index (χ3v) is 8.66. The third-order valence-electron chi connectivity index (χ3n) is 7.57. The summed E-state index contributed by atoms with van der Waals surface area (Å²) in [5, 5.41) is 0.664. The van der Waals surface area contributed by atoms with Gasteiger partial charge in [0.25, 0.3) is 0 Å². The average molecular weight is 431 g/mol. The first-order valence-corrected chi connectivity index (χ1v) is 13.1. The zero-order chi connectivity index (χ0) is 20.6. The van der Waals surface area contributed by atoms with Gasteiger partial charge < -0.3 is 14.4 Å². The van der Waals surface area contributed by atoms with Crippen LogP contribution in [0.4, 0.5) is 0 Å². The summed E-state index contributed by atoms with van der Waals surface area (Å²) < 4.78 is 15.5. The Balaban J connectivity index is 1.14. The fraction of sp³-hybridized carbons (Fsp3) is 0.760. The largest absolute Gasteiger partial charge is 0.490 e. The molecule has 0 N–H and O–H groups in total. The molecule has 1 saturated carbocycles. The number of ether oxygens (including phenoxy) is 2. The standard InChI is InChI=1S/C25H38N2O2S/c1-19(2)30-27-14-9-22(10-15-27)28-23-6-7-24-20(18-23)8-11-25(29-24)12-16-26(17-13-25)21-4-3-5-21/h6-7,18-19,21-22H,3-5,8-17H2,1-2H3. The van der Waals surface area contributed by atoms with E-state index in [4.69, 9.17) is 9.47 Å². The van der Waals surface area contributed by atoms with Gasteiger partial charge in [0, 0.05) is 37.5 Å². The number of nitrogens with zero attached hydrogens (tertiary/aromatic N) is 2. The Kier molecular flexibility index (Phi) is 6.23. The molecule has 0 bridgehead atoms. The molecule has 0 aromatic heterocycles.